The molecule has 0 aromatic rings. The molecule has 8 N–H and O–H groups in total. The summed E-state index contributed by atoms with van der Waals surface area (Å²) in [6.07, 6.45) is 9.05. The zero-order valence-electron chi connectivity index (χ0n) is 38.6. The summed E-state index contributed by atoms with van der Waals surface area (Å²) < 4.78 is 65.4. The maximum absolute atomic E-state index is 13.1. The second kappa shape index (κ2) is 35.0. The van der Waals surface area contributed by atoms with Gasteiger partial charge in [0.25, 0.3) is 0 Å². The molecule has 0 heterocycles. The zero-order valence-corrected chi connectivity index (χ0v) is 41.3. The molecule has 1 rings (SSSR count). The fourth-order valence-corrected chi connectivity index (χ4v) is 9.65. The molecule has 20 nitrogen and oxygen atoms in total. The average Bonchev–Trinajstić information content (AvgIpc) is 3.22. The van der Waals surface area contributed by atoms with Crippen LogP contribution in [0.25, 0.3) is 0 Å². The zero-order chi connectivity index (χ0) is 48.7. The minimum Gasteiger partial charge on any atom is -0.466 e. The summed E-state index contributed by atoms with van der Waals surface area (Å²) >= 11 is 0. The van der Waals surface area contributed by atoms with Crippen molar-refractivity contribution in [1.82, 2.24) is 0 Å². The van der Waals surface area contributed by atoms with Gasteiger partial charge in [0.1, 0.15) is 48.5 Å². The van der Waals surface area contributed by atoms with E-state index in [4.69, 9.17) is 18.5 Å². The first-order chi connectivity index (χ1) is 30.7. The Balaban J connectivity index is 2.73. The van der Waals surface area contributed by atoms with Gasteiger partial charge in [-0.15, -0.1) is 0 Å². The van der Waals surface area contributed by atoms with Crippen LogP contribution in [0.4, 0.5) is 0 Å². The summed E-state index contributed by atoms with van der Waals surface area (Å²) in [4.78, 5) is 85.0. The molecule has 1 aliphatic rings. The number of phosphoric ester groups is 3. The van der Waals surface area contributed by atoms with E-state index in [9.17, 15) is 67.9 Å². The summed E-state index contributed by atoms with van der Waals surface area (Å²) in [5, 5.41) is 31.8. The van der Waals surface area contributed by atoms with Crippen LogP contribution in [0.2, 0.25) is 0 Å². The van der Waals surface area contributed by atoms with Crippen molar-refractivity contribution in [3.8, 4) is 0 Å². The molecule has 1 fully saturated rings. The topological polar surface area (TPSA) is 320 Å². The number of unbranched alkanes of at least 4 members (excludes halogenated alkanes) is 21. The number of ketones is 1. The predicted molar refractivity (Wildman–Crippen MR) is 239 cm³/mol. The molecule has 0 bridgehead atoms. The van der Waals surface area contributed by atoms with Crippen molar-refractivity contribution in [2.45, 2.75) is 236 Å². The second-order valence-corrected chi connectivity index (χ2v) is 20.8. The lowest BCUT2D eigenvalue weighted by Crippen LogP contribution is -2.65. The van der Waals surface area contributed by atoms with E-state index >= 15 is 0 Å². The van der Waals surface area contributed by atoms with Gasteiger partial charge in [-0.25, -0.2) is 13.7 Å². The fourth-order valence-electron chi connectivity index (χ4n) is 7.55. The summed E-state index contributed by atoms with van der Waals surface area (Å²) in [5.74, 6) is -1.18. The van der Waals surface area contributed by atoms with E-state index in [-0.39, 0.29) is 13.0 Å². The van der Waals surface area contributed by atoms with Crippen molar-refractivity contribution in [3.63, 3.8) is 0 Å². The minimum atomic E-state index is -5.61. The number of aliphatic hydroxyl groups excluding tert-OH is 3. The first kappa shape index (κ1) is 61.8. The smallest absolute Gasteiger partial charge is 0.466 e. The van der Waals surface area contributed by atoms with Crippen molar-refractivity contribution < 1.29 is 95.4 Å². The molecular formula is C42H81O20P3. The van der Waals surface area contributed by atoms with E-state index in [1.54, 1.807) is 0 Å². The van der Waals surface area contributed by atoms with Crippen LogP contribution in [0.5, 0.6) is 0 Å². The molecule has 0 saturated heterocycles. The summed E-state index contributed by atoms with van der Waals surface area (Å²) in [7, 11) is -16.6. The highest BCUT2D eigenvalue weighted by Gasteiger charge is 2.56. The lowest BCUT2D eigenvalue weighted by Gasteiger charge is -2.44. The number of Topliss-reactive ketones (excluding diaryl/α,β-unsaturated/α-hetero) is 1. The van der Waals surface area contributed by atoms with Crippen molar-refractivity contribution in [2.24, 2.45) is 0 Å². The third-order valence-electron chi connectivity index (χ3n) is 11.0. The summed E-state index contributed by atoms with van der Waals surface area (Å²) in [5.41, 5.74) is 0. The Morgan fingerprint density at radius 2 is 0.892 bits per heavy atom. The average molecular weight is 999 g/mol. The third kappa shape index (κ3) is 31.6. The number of carbonyl (C=O) groups excluding carboxylic acids is 3. The van der Waals surface area contributed by atoms with E-state index < -0.39 is 91.2 Å². The van der Waals surface area contributed by atoms with Crippen molar-refractivity contribution in [3.05, 3.63) is 0 Å². The van der Waals surface area contributed by atoms with Gasteiger partial charge in [0.15, 0.2) is 0 Å². The molecule has 65 heavy (non-hydrogen) atoms. The molecule has 0 aromatic carbocycles. The minimum absolute atomic E-state index is 0.0200. The predicted octanol–water partition coefficient (Wildman–Crippen LogP) is 7.53. The molecule has 1 aliphatic carbocycles. The Bertz CT molecular complexity index is 1440. The maximum Gasteiger partial charge on any atom is 0.472 e. The van der Waals surface area contributed by atoms with Crippen LogP contribution >= 0.6 is 23.5 Å². The van der Waals surface area contributed by atoms with Gasteiger partial charge >= 0.3 is 35.4 Å². The van der Waals surface area contributed by atoms with Gasteiger partial charge in [-0.2, -0.15) is 0 Å². The molecule has 0 spiro atoms. The Hall–Kier alpha value is -1.18. The van der Waals surface area contributed by atoms with Crippen LogP contribution in [0, 0.1) is 0 Å². The van der Waals surface area contributed by atoms with E-state index in [1.165, 1.54) is 44.9 Å². The monoisotopic (exact) mass is 998 g/mol. The Morgan fingerprint density at radius 1 is 0.477 bits per heavy atom. The van der Waals surface area contributed by atoms with E-state index in [0.29, 0.717) is 31.5 Å². The van der Waals surface area contributed by atoms with Gasteiger partial charge in [0.2, 0.25) is 0 Å². The molecule has 0 amide bonds. The van der Waals surface area contributed by atoms with Gasteiger partial charge in [0.05, 0.1) is 19.6 Å². The molecule has 1 saturated carbocycles. The van der Waals surface area contributed by atoms with Crippen molar-refractivity contribution in [2.75, 3.05) is 13.2 Å². The van der Waals surface area contributed by atoms with Gasteiger partial charge in [-0.3, -0.25) is 32.5 Å². The number of aliphatic hydroxyl groups is 3. The third-order valence-corrected chi connectivity index (χ3v) is 13.1. The van der Waals surface area contributed by atoms with Crippen LogP contribution in [-0.2, 0) is 55.6 Å². The molecule has 8 atom stereocenters. The van der Waals surface area contributed by atoms with Crippen LogP contribution in [0.1, 0.15) is 194 Å². The number of hydrogen-bond donors (Lipinski definition) is 8. The van der Waals surface area contributed by atoms with Crippen molar-refractivity contribution >= 4 is 41.2 Å². The van der Waals surface area contributed by atoms with E-state index in [0.717, 1.165) is 96.3 Å². The Labute approximate surface area is 385 Å². The highest BCUT2D eigenvalue weighted by atomic mass is 31.2. The SMILES string of the molecule is CCCCCCCCCCCCCCCC(=O)O[C@@H](COP(=O)(O)OC1C(O)[C@H](O)C(OP(=O)(O)O)[C@H](OP(=O)(O)O)[C@@H]1O)CC(=O)OCCCCCCCCCCCCC(=O)CCC. The number of ether oxygens (including phenoxy) is 2. The Morgan fingerprint density at radius 3 is 1.35 bits per heavy atom. The number of rotatable bonds is 41. The summed E-state index contributed by atoms with van der Waals surface area (Å²) in [6, 6.07) is 0. The highest BCUT2D eigenvalue weighted by molar-refractivity contribution is 7.47. The molecule has 384 valence electrons. The van der Waals surface area contributed by atoms with E-state index in [2.05, 4.69) is 16.0 Å². The molecule has 4 unspecified atom stereocenters. The van der Waals surface area contributed by atoms with Gasteiger partial charge in [-0.05, 0) is 25.7 Å². The number of phosphoric acid groups is 3. The second-order valence-electron chi connectivity index (χ2n) is 17.0. The van der Waals surface area contributed by atoms with Crippen molar-refractivity contribution in [1.29, 1.82) is 0 Å². The maximum atomic E-state index is 13.1. The number of hydrogen-bond acceptors (Lipinski definition) is 15. The lowest BCUT2D eigenvalue weighted by molar-refractivity contribution is -0.213. The van der Waals surface area contributed by atoms with E-state index in [1.807, 2.05) is 6.92 Å². The molecule has 0 radical (unpaired) electrons. The largest absolute Gasteiger partial charge is 0.472 e. The quantitative estimate of drug-likeness (QED) is 0.0167. The van der Waals surface area contributed by atoms with Crippen LogP contribution in [0.15, 0.2) is 0 Å². The van der Waals surface area contributed by atoms with Crippen LogP contribution in [-0.4, -0.2) is 113 Å². The molecule has 23 heteroatoms. The first-order valence-electron chi connectivity index (χ1n) is 23.7. The number of carbonyl (C=O) groups is 3. The van der Waals surface area contributed by atoms with Crippen LogP contribution < -0.4 is 0 Å². The lowest BCUT2D eigenvalue weighted by atomic mass is 9.85. The highest BCUT2D eigenvalue weighted by Crippen LogP contribution is 2.51. The number of esters is 2. The standard InChI is InChI=1S/C42H81O20P3/c1-3-5-6-7-8-9-10-11-12-16-19-22-25-29-35(44)59-34(31-36(45)57-30-26-23-20-17-14-13-15-18-21-24-28-33(43)27-4-2)32-58-65(55,56)62-40-37(46)38(47)41(60-63(49,50)51)42(39(40)48)61-64(52,53)54/h34,37-42,46-48H,3-32H2,1-2H3,(H,55,56)(H2,49,50,51)(H2,52,53,54)/t34-,37?,38+,39-,40?,41?,42-/m1/s1. The van der Waals surface area contributed by atoms with Gasteiger partial charge in [-0.1, -0.05) is 142 Å². The molecule has 0 aliphatic heterocycles. The molecular weight excluding hydrogens is 917 g/mol. The van der Waals surface area contributed by atoms with Gasteiger partial charge < -0.3 is 49.3 Å². The van der Waals surface area contributed by atoms with Gasteiger partial charge in [0, 0.05) is 19.3 Å². The first-order valence-corrected chi connectivity index (χ1v) is 28.3. The normalized spacial score (nSPS) is 21.8. The summed E-state index contributed by atoms with van der Waals surface area (Å²) in [6.45, 7) is 3.33. The fraction of sp³-hybridized carbons (Fsp3) is 0.929. The van der Waals surface area contributed by atoms with Crippen LogP contribution in [0.3, 0.4) is 0 Å². The molecule has 0 aromatic heterocycles. The Kier molecular flexibility index (Phi) is 33.3.